The Morgan fingerprint density at radius 1 is 1.16 bits per heavy atom. The molecule has 1 unspecified atom stereocenters. The van der Waals surface area contributed by atoms with E-state index in [-0.39, 0.29) is 23.9 Å². The quantitative estimate of drug-likeness (QED) is 0.463. The molecule has 3 rings (SSSR count). The number of hydrogen-bond acceptors (Lipinski definition) is 5. The molecule has 0 amide bonds. The van der Waals surface area contributed by atoms with E-state index in [1.54, 1.807) is 4.68 Å². The Kier molecular flexibility index (Phi) is 6.99. The van der Waals surface area contributed by atoms with Crippen LogP contribution in [0.5, 0.6) is 5.75 Å². The third kappa shape index (κ3) is 5.00. The maximum absolute atomic E-state index is 11.8. The van der Waals surface area contributed by atoms with Crippen LogP contribution in [0.15, 0.2) is 54.6 Å². The van der Waals surface area contributed by atoms with Gasteiger partial charge in [-0.3, -0.25) is 4.79 Å². The molecule has 0 N–H and O–H groups in total. The second-order valence-electron chi connectivity index (χ2n) is 8.59. The summed E-state index contributed by atoms with van der Waals surface area (Å²) >= 11 is 0. The first-order valence-electron chi connectivity index (χ1n) is 10.6. The Morgan fingerprint density at radius 3 is 2.41 bits per heavy atom. The van der Waals surface area contributed by atoms with Crippen molar-refractivity contribution in [1.29, 1.82) is 5.26 Å². The van der Waals surface area contributed by atoms with E-state index in [9.17, 15) is 10.1 Å². The molecule has 32 heavy (non-hydrogen) atoms. The number of para-hydroxylation sites is 1. The summed E-state index contributed by atoms with van der Waals surface area (Å²) in [6.45, 7) is 8.16. The van der Waals surface area contributed by atoms with Crippen molar-refractivity contribution in [2.75, 3.05) is 7.11 Å². The van der Waals surface area contributed by atoms with E-state index < -0.39 is 0 Å². The fourth-order valence-corrected chi connectivity index (χ4v) is 3.96. The molecule has 0 aliphatic heterocycles. The highest BCUT2D eigenvalue weighted by atomic mass is 16.5. The number of nitrogens with zero attached hydrogens (tertiary/aromatic N) is 3. The fraction of sp³-hybridized carbons (Fsp3) is 0.346. The van der Waals surface area contributed by atoms with Crippen LogP contribution in [0.4, 0.5) is 0 Å². The number of hydrogen-bond donors (Lipinski definition) is 0. The molecular weight excluding hydrogens is 402 g/mol. The zero-order valence-electron chi connectivity index (χ0n) is 19.3. The van der Waals surface area contributed by atoms with E-state index in [0.29, 0.717) is 29.1 Å². The average molecular weight is 432 g/mol. The zero-order valence-corrected chi connectivity index (χ0v) is 19.3. The maximum Gasteiger partial charge on any atom is 0.308 e. The van der Waals surface area contributed by atoms with Crippen LogP contribution in [0.2, 0.25) is 0 Å². The molecule has 0 aliphatic rings. The minimum Gasteiger partial charge on any atom is -0.487 e. The summed E-state index contributed by atoms with van der Waals surface area (Å²) in [6, 6.07) is 19.8. The van der Waals surface area contributed by atoms with Crippen LogP contribution < -0.4 is 4.74 Å². The summed E-state index contributed by atoms with van der Waals surface area (Å²) in [6.07, 6.45) is 0.681. The van der Waals surface area contributed by atoms with Crippen molar-refractivity contribution in [2.24, 2.45) is 5.92 Å². The second kappa shape index (κ2) is 9.69. The van der Waals surface area contributed by atoms with Crippen LogP contribution in [-0.4, -0.2) is 22.9 Å². The molecular formula is C26H29N3O3. The van der Waals surface area contributed by atoms with Crippen LogP contribution in [0, 0.1) is 24.2 Å². The lowest BCUT2D eigenvalue weighted by atomic mass is 9.77. The monoisotopic (exact) mass is 431 g/mol. The number of nitriles is 1. The number of aryl methyl sites for hydroxylation is 1. The third-order valence-electron chi connectivity index (χ3n) is 5.70. The van der Waals surface area contributed by atoms with Gasteiger partial charge >= 0.3 is 5.97 Å². The summed E-state index contributed by atoms with van der Waals surface area (Å²) in [4.78, 5) is 11.8. The van der Waals surface area contributed by atoms with Crippen molar-refractivity contribution in [3.05, 3.63) is 77.1 Å². The Morgan fingerprint density at radius 2 is 1.81 bits per heavy atom. The van der Waals surface area contributed by atoms with Crippen molar-refractivity contribution >= 4 is 5.97 Å². The molecule has 6 nitrogen and oxygen atoms in total. The van der Waals surface area contributed by atoms with E-state index in [0.717, 1.165) is 11.3 Å². The Balaban J connectivity index is 1.76. The van der Waals surface area contributed by atoms with Gasteiger partial charge in [-0.2, -0.15) is 10.4 Å². The van der Waals surface area contributed by atoms with Crippen molar-refractivity contribution in [1.82, 2.24) is 9.78 Å². The number of carbonyl (C=O) groups is 1. The molecule has 1 heterocycles. The highest BCUT2D eigenvalue weighted by Crippen LogP contribution is 2.32. The Bertz CT molecular complexity index is 1110. The summed E-state index contributed by atoms with van der Waals surface area (Å²) in [5.74, 6) is 0.321. The SMILES string of the molecule is COC(=O)C(C)CC(C)(C)c1ccc(OCc2c(C#N)c(C)nn2-c2ccccc2)cc1. The van der Waals surface area contributed by atoms with Crippen LogP contribution in [0.3, 0.4) is 0 Å². The normalized spacial score (nSPS) is 12.1. The summed E-state index contributed by atoms with van der Waals surface area (Å²) < 4.78 is 12.7. The molecule has 2 aromatic carbocycles. The molecule has 0 saturated carbocycles. The number of rotatable bonds is 8. The van der Waals surface area contributed by atoms with Gasteiger partial charge in [0.05, 0.1) is 30.1 Å². The van der Waals surface area contributed by atoms with E-state index in [4.69, 9.17) is 9.47 Å². The lowest BCUT2D eigenvalue weighted by Gasteiger charge is -2.28. The number of benzene rings is 2. The molecule has 0 aliphatic carbocycles. The van der Waals surface area contributed by atoms with Crippen molar-refractivity contribution in [2.45, 2.75) is 46.1 Å². The van der Waals surface area contributed by atoms with Gasteiger partial charge in [0.2, 0.25) is 0 Å². The molecule has 1 aromatic heterocycles. The number of methoxy groups -OCH3 is 1. The minimum absolute atomic E-state index is 0.183. The fourth-order valence-electron chi connectivity index (χ4n) is 3.96. The first-order chi connectivity index (χ1) is 15.3. The predicted octanol–water partition coefficient (Wildman–Crippen LogP) is 5.11. The van der Waals surface area contributed by atoms with E-state index in [2.05, 4.69) is 25.0 Å². The highest BCUT2D eigenvalue weighted by molar-refractivity contribution is 5.72. The standard InChI is InChI=1S/C26H29N3O3/c1-18(25(30)31-5)15-26(3,4)20-11-13-22(14-12-20)32-17-24-23(16-27)19(2)28-29(24)21-9-7-6-8-10-21/h6-14,18H,15,17H2,1-5H3. The first kappa shape index (κ1) is 23.1. The molecule has 0 spiro atoms. The number of esters is 1. The average Bonchev–Trinajstić information content (AvgIpc) is 3.12. The summed E-state index contributed by atoms with van der Waals surface area (Å²) in [5.41, 5.74) is 3.72. The van der Waals surface area contributed by atoms with Crippen LogP contribution in [-0.2, 0) is 21.6 Å². The Hall–Kier alpha value is -3.59. The molecule has 0 fully saturated rings. The van der Waals surface area contributed by atoms with Gasteiger partial charge in [-0.1, -0.05) is 51.1 Å². The van der Waals surface area contributed by atoms with Gasteiger partial charge in [0.25, 0.3) is 0 Å². The van der Waals surface area contributed by atoms with Gasteiger partial charge in [-0.05, 0) is 48.6 Å². The first-order valence-corrected chi connectivity index (χ1v) is 10.6. The largest absolute Gasteiger partial charge is 0.487 e. The molecule has 3 aromatic rings. The Labute approximate surface area is 189 Å². The molecule has 166 valence electrons. The zero-order chi connectivity index (χ0) is 23.3. The highest BCUT2D eigenvalue weighted by Gasteiger charge is 2.27. The van der Waals surface area contributed by atoms with Gasteiger partial charge in [-0.15, -0.1) is 0 Å². The smallest absolute Gasteiger partial charge is 0.308 e. The van der Waals surface area contributed by atoms with Gasteiger partial charge in [0.1, 0.15) is 24.0 Å². The minimum atomic E-state index is -0.198. The molecule has 1 atom stereocenters. The van der Waals surface area contributed by atoms with Crippen molar-refractivity contribution < 1.29 is 14.3 Å². The number of ether oxygens (including phenoxy) is 2. The van der Waals surface area contributed by atoms with Crippen LogP contribution in [0.1, 0.15) is 49.7 Å². The second-order valence-corrected chi connectivity index (χ2v) is 8.59. The lowest BCUT2D eigenvalue weighted by molar-refractivity contribution is -0.145. The van der Waals surface area contributed by atoms with Gasteiger partial charge in [0.15, 0.2) is 0 Å². The number of carbonyl (C=O) groups excluding carboxylic acids is 1. The van der Waals surface area contributed by atoms with Gasteiger partial charge in [0, 0.05) is 0 Å². The summed E-state index contributed by atoms with van der Waals surface area (Å²) in [5, 5.41) is 14.2. The van der Waals surface area contributed by atoms with E-state index in [1.165, 1.54) is 7.11 Å². The topological polar surface area (TPSA) is 77.1 Å². The molecule has 0 saturated heterocycles. The van der Waals surface area contributed by atoms with Gasteiger partial charge < -0.3 is 9.47 Å². The predicted molar refractivity (Wildman–Crippen MR) is 123 cm³/mol. The van der Waals surface area contributed by atoms with Crippen LogP contribution >= 0.6 is 0 Å². The molecule has 6 heteroatoms. The van der Waals surface area contributed by atoms with Gasteiger partial charge in [-0.25, -0.2) is 4.68 Å². The van der Waals surface area contributed by atoms with E-state index in [1.807, 2.05) is 68.4 Å². The summed E-state index contributed by atoms with van der Waals surface area (Å²) in [7, 11) is 1.42. The van der Waals surface area contributed by atoms with E-state index >= 15 is 0 Å². The molecule has 0 radical (unpaired) electrons. The maximum atomic E-state index is 11.8. The number of aromatic nitrogens is 2. The molecule has 0 bridgehead atoms. The van der Waals surface area contributed by atoms with Crippen LogP contribution in [0.25, 0.3) is 5.69 Å². The third-order valence-corrected chi connectivity index (χ3v) is 5.70. The van der Waals surface area contributed by atoms with Crippen molar-refractivity contribution in [3.63, 3.8) is 0 Å². The van der Waals surface area contributed by atoms with Crippen molar-refractivity contribution in [3.8, 4) is 17.5 Å². The lowest BCUT2D eigenvalue weighted by Crippen LogP contribution is -2.25.